The molecule has 2 aromatic carbocycles. The number of carbonyl (C=O) groups excluding carboxylic acids is 3. The van der Waals surface area contributed by atoms with Crippen molar-refractivity contribution in [3.05, 3.63) is 99.9 Å². The summed E-state index contributed by atoms with van der Waals surface area (Å²) < 4.78 is 1.58. The maximum atomic E-state index is 14.1. The van der Waals surface area contributed by atoms with Crippen molar-refractivity contribution in [3.8, 4) is 0 Å². The Morgan fingerprint density at radius 2 is 1.48 bits per heavy atom. The summed E-state index contributed by atoms with van der Waals surface area (Å²) >= 11 is 0. The molecule has 0 fully saturated rings. The number of hydrogen-bond donors (Lipinski definition) is 0. The largest absolute Gasteiger partial charge is 0.334 e. The molecule has 0 unspecified atom stereocenters. The van der Waals surface area contributed by atoms with Crippen LogP contribution in [0.2, 0.25) is 0 Å². The topological polar surface area (TPSA) is 106 Å². The fourth-order valence-corrected chi connectivity index (χ4v) is 5.12. The number of likely N-dealkylation sites (N-methyl/N-ethyl adjacent to an activating group) is 1. The van der Waals surface area contributed by atoms with E-state index in [0.29, 0.717) is 17.8 Å². The summed E-state index contributed by atoms with van der Waals surface area (Å²) in [6.07, 6.45) is 3.28. The van der Waals surface area contributed by atoms with Gasteiger partial charge < -0.3 is 9.47 Å². The summed E-state index contributed by atoms with van der Waals surface area (Å²) in [5.74, 6) is -1.71. The summed E-state index contributed by atoms with van der Waals surface area (Å²) in [6, 6.07) is 15.3. The van der Waals surface area contributed by atoms with Crippen molar-refractivity contribution in [2.75, 3.05) is 18.0 Å². The molecule has 2 aliphatic rings. The number of fused-ring (bicyclic) bond motifs is 2. The second kappa shape index (κ2) is 7.40. The van der Waals surface area contributed by atoms with Gasteiger partial charge in [0.1, 0.15) is 6.04 Å². The van der Waals surface area contributed by atoms with Crippen molar-refractivity contribution in [2.45, 2.75) is 18.5 Å². The third kappa shape index (κ3) is 2.68. The molecule has 0 spiro atoms. The molecular formula is C24H20N4O5. The molecule has 0 bridgehead atoms. The summed E-state index contributed by atoms with van der Waals surface area (Å²) in [5.41, 5.74) is -0.231. The van der Waals surface area contributed by atoms with Gasteiger partial charge in [-0.15, -0.1) is 0 Å². The van der Waals surface area contributed by atoms with Crippen LogP contribution in [0.15, 0.2) is 73.1 Å². The van der Waals surface area contributed by atoms with Crippen molar-refractivity contribution < 1.29 is 19.3 Å². The molecule has 9 heteroatoms. The van der Waals surface area contributed by atoms with Crippen LogP contribution in [-0.4, -0.2) is 51.2 Å². The van der Waals surface area contributed by atoms with E-state index in [9.17, 15) is 24.5 Å². The van der Waals surface area contributed by atoms with Crippen LogP contribution in [-0.2, 0) is 10.3 Å². The highest BCUT2D eigenvalue weighted by atomic mass is 16.6. The number of carbonyl (C=O) groups is 3. The van der Waals surface area contributed by atoms with E-state index in [4.69, 9.17) is 0 Å². The molecule has 3 amide bonds. The fourth-order valence-electron chi connectivity index (χ4n) is 5.12. The maximum Gasteiger partial charge on any atom is 0.262 e. The second-order valence-electron chi connectivity index (χ2n) is 7.98. The number of aromatic nitrogens is 1. The average molecular weight is 444 g/mol. The lowest BCUT2D eigenvalue weighted by atomic mass is 9.82. The minimum atomic E-state index is -1.68. The SMILES string of the molecule is CCN1C(=O)[C@]([C@@H](C[N+](=O)[O-])N2C(=O)c3ccccc3C2=O)(n2cccc2)c2ccccc21. The molecule has 33 heavy (non-hydrogen) atoms. The number of hydrogen-bond acceptors (Lipinski definition) is 5. The number of amides is 3. The molecule has 0 aliphatic carbocycles. The summed E-state index contributed by atoms with van der Waals surface area (Å²) in [5, 5.41) is 11.9. The molecule has 0 N–H and O–H groups in total. The summed E-state index contributed by atoms with van der Waals surface area (Å²) in [4.78, 5) is 54.7. The molecule has 0 saturated heterocycles. The summed E-state index contributed by atoms with van der Waals surface area (Å²) in [7, 11) is 0. The first-order valence-corrected chi connectivity index (χ1v) is 10.6. The molecule has 5 rings (SSSR count). The predicted molar refractivity (Wildman–Crippen MR) is 119 cm³/mol. The number of rotatable bonds is 6. The van der Waals surface area contributed by atoms with E-state index in [0.717, 1.165) is 4.90 Å². The fraction of sp³-hybridized carbons (Fsp3) is 0.208. The maximum absolute atomic E-state index is 14.1. The van der Waals surface area contributed by atoms with Gasteiger partial charge in [-0.3, -0.25) is 29.4 Å². The zero-order chi connectivity index (χ0) is 23.3. The second-order valence-corrected chi connectivity index (χ2v) is 7.98. The number of imide groups is 1. The number of anilines is 1. The van der Waals surface area contributed by atoms with Gasteiger partial charge in [0.15, 0.2) is 5.54 Å². The molecule has 3 aromatic rings. The van der Waals surface area contributed by atoms with Gasteiger partial charge in [-0.2, -0.15) is 0 Å². The zero-order valence-corrected chi connectivity index (χ0v) is 17.7. The number of nitro groups is 1. The van der Waals surface area contributed by atoms with Crippen molar-refractivity contribution in [2.24, 2.45) is 0 Å². The Bertz CT molecular complexity index is 1270. The normalized spacial score (nSPS) is 20.2. The molecule has 3 heterocycles. The van der Waals surface area contributed by atoms with Crippen LogP contribution in [0, 0.1) is 10.1 Å². The molecule has 166 valence electrons. The van der Waals surface area contributed by atoms with E-state index in [1.165, 1.54) is 12.1 Å². The predicted octanol–water partition coefficient (Wildman–Crippen LogP) is 2.54. The average Bonchev–Trinajstić information content (AvgIpc) is 3.49. The molecule has 2 aliphatic heterocycles. The quantitative estimate of drug-likeness (QED) is 0.330. The number of para-hydroxylation sites is 1. The first kappa shape index (κ1) is 20.6. The van der Waals surface area contributed by atoms with Crippen molar-refractivity contribution in [1.82, 2.24) is 9.47 Å². The van der Waals surface area contributed by atoms with Crippen LogP contribution in [0.4, 0.5) is 5.69 Å². The van der Waals surface area contributed by atoms with Crippen LogP contribution in [0.1, 0.15) is 33.2 Å². The lowest BCUT2D eigenvalue weighted by molar-refractivity contribution is -0.487. The molecular weight excluding hydrogens is 424 g/mol. The highest BCUT2D eigenvalue weighted by molar-refractivity contribution is 6.22. The van der Waals surface area contributed by atoms with Crippen LogP contribution in [0.5, 0.6) is 0 Å². The number of benzene rings is 2. The van der Waals surface area contributed by atoms with E-state index >= 15 is 0 Å². The molecule has 2 atom stereocenters. The Kier molecular flexibility index (Phi) is 4.63. The summed E-state index contributed by atoms with van der Waals surface area (Å²) in [6.45, 7) is 1.35. The Labute approximate surface area is 189 Å². The smallest absolute Gasteiger partial charge is 0.262 e. The Morgan fingerprint density at radius 3 is 2.06 bits per heavy atom. The van der Waals surface area contributed by atoms with E-state index in [1.54, 1.807) is 70.4 Å². The monoisotopic (exact) mass is 444 g/mol. The Morgan fingerprint density at radius 1 is 0.909 bits per heavy atom. The van der Waals surface area contributed by atoms with E-state index in [-0.39, 0.29) is 11.1 Å². The third-order valence-corrected chi connectivity index (χ3v) is 6.45. The highest BCUT2D eigenvalue weighted by Gasteiger charge is 2.62. The number of nitrogens with zero attached hydrogens (tertiary/aromatic N) is 4. The van der Waals surface area contributed by atoms with Gasteiger partial charge >= 0.3 is 0 Å². The van der Waals surface area contributed by atoms with Crippen LogP contribution >= 0.6 is 0 Å². The Hall–Kier alpha value is -4.27. The molecule has 0 radical (unpaired) electrons. The lowest BCUT2D eigenvalue weighted by Gasteiger charge is -2.39. The third-order valence-electron chi connectivity index (χ3n) is 6.45. The minimum Gasteiger partial charge on any atom is -0.334 e. The van der Waals surface area contributed by atoms with Gasteiger partial charge in [-0.05, 0) is 37.3 Å². The van der Waals surface area contributed by atoms with Gasteiger partial charge in [0.25, 0.3) is 17.7 Å². The molecule has 9 nitrogen and oxygen atoms in total. The molecule has 0 saturated carbocycles. The zero-order valence-electron chi connectivity index (χ0n) is 17.7. The minimum absolute atomic E-state index is 0.171. The van der Waals surface area contributed by atoms with Gasteiger partial charge in [0, 0.05) is 35.1 Å². The van der Waals surface area contributed by atoms with Gasteiger partial charge in [-0.1, -0.05) is 30.3 Å². The molecule has 1 aromatic heterocycles. The lowest BCUT2D eigenvalue weighted by Crippen LogP contribution is -2.63. The standard InChI is InChI=1S/C24H20N4O5/c1-2-26-19-12-6-5-11-18(19)24(23(26)31,25-13-7-8-14-25)20(15-27(32)33)28-21(29)16-9-3-4-10-17(16)22(28)30/h3-14,20H,2,15H2,1H3/t20-,24+/m1/s1. The van der Waals surface area contributed by atoms with Crippen LogP contribution in [0.25, 0.3) is 0 Å². The van der Waals surface area contributed by atoms with Crippen molar-refractivity contribution in [3.63, 3.8) is 0 Å². The first-order valence-electron chi connectivity index (χ1n) is 10.6. The van der Waals surface area contributed by atoms with Gasteiger partial charge in [-0.25, -0.2) is 0 Å². The highest BCUT2D eigenvalue weighted by Crippen LogP contribution is 2.47. The van der Waals surface area contributed by atoms with E-state index < -0.39 is 40.8 Å². The van der Waals surface area contributed by atoms with Crippen molar-refractivity contribution in [1.29, 1.82) is 0 Å². The van der Waals surface area contributed by atoms with Gasteiger partial charge in [0.05, 0.1) is 11.1 Å². The Balaban J connectivity index is 1.81. The van der Waals surface area contributed by atoms with Crippen LogP contribution < -0.4 is 4.90 Å². The van der Waals surface area contributed by atoms with Gasteiger partial charge in [0.2, 0.25) is 6.54 Å². The van der Waals surface area contributed by atoms with Crippen LogP contribution in [0.3, 0.4) is 0 Å². The van der Waals surface area contributed by atoms with E-state index in [2.05, 4.69) is 0 Å². The van der Waals surface area contributed by atoms with E-state index in [1.807, 2.05) is 6.92 Å². The van der Waals surface area contributed by atoms with Crippen molar-refractivity contribution >= 4 is 23.4 Å². The first-order chi connectivity index (χ1) is 15.9.